The molecular weight excluding hydrogens is 174 g/mol. The van der Waals surface area contributed by atoms with Crippen LogP contribution in [0, 0.1) is 25.2 Å². The highest BCUT2D eigenvalue weighted by Gasteiger charge is 2.58. The van der Waals surface area contributed by atoms with Crippen molar-refractivity contribution in [2.75, 3.05) is 6.54 Å². The average molecular weight is 193 g/mol. The predicted octanol–water partition coefficient (Wildman–Crippen LogP) is 2.59. The first-order chi connectivity index (χ1) is 6.48. The Kier molecular flexibility index (Phi) is 2.00. The van der Waals surface area contributed by atoms with Gasteiger partial charge in [0.1, 0.15) is 11.5 Å². The second-order valence-electron chi connectivity index (χ2n) is 5.01. The number of nitrogens with two attached hydrogens (primary N) is 1. The quantitative estimate of drug-likeness (QED) is 0.784. The van der Waals surface area contributed by atoms with Crippen LogP contribution in [-0.2, 0) is 0 Å². The Morgan fingerprint density at radius 2 is 2.07 bits per heavy atom. The number of hydrogen-bond donors (Lipinski definition) is 1. The van der Waals surface area contributed by atoms with Gasteiger partial charge in [0.15, 0.2) is 0 Å². The van der Waals surface area contributed by atoms with Crippen LogP contribution in [0.5, 0.6) is 0 Å². The summed E-state index contributed by atoms with van der Waals surface area (Å²) in [5.74, 6) is 3.30. The molecule has 0 amide bonds. The van der Waals surface area contributed by atoms with E-state index in [-0.39, 0.29) is 0 Å². The van der Waals surface area contributed by atoms with Gasteiger partial charge in [-0.1, -0.05) is 13.8 Å². The van der Waals surface area contributed by atoms with Crippen molar-refractivity contribution in [2.24, 2.45) is 17.1 Å². The zero-order valence-corrected chi connectivity index (χ0v) is 9.42. The lowest BCUT2D eigenvalue weighted by Crippen LogP contribution is -2.05. The maximum Gasteiger partial charge on any atom is 0.104 e. The molecule has 0 aromatic carbocycles. The zero-order valence-electron chi connectivity index (χ0n) is 9.42. The van der Waals surface area contributed by atoms with Gasteiger partial charge in [-0.15, -0.1) is 0 Å². The highest BCUT2D eigenvalue weighted by Crippen LogP contribution is 2.64. The first-order valence-corrected chi connectivity index (χ1v) is 5.25. The molecule has 2 heteroatoms. The molecule has 2 rings (SSSR count). The van der Waals surface area contributed by atoms with Gasteiger partial charge >= 0.3 is 0 Å². The molecule has 0 saturated heterocycles. The summed E-state index contributed by atoms with van der Waals surface area (Å²) in [6.45, 7) is 9.41. The normalized spacial score (nSPS) is 29.2. The Balaban J connectivity index is 2.30. The fraction of sp³-hybridized carbons (Fsp3) is 0.667. The summed E-state index contributed by atoms with van der Waals surface area (Å²) in [5, 5.41) is 0. The van der Waals surface area contributed by atoms with Crippen LogP contribution in [0.2, 0.25) is 0 Å². The lowest BCUT2D eigenvalue weighted by Gasteiger charge is -2.00. The molecule has 1 aliphatic rings. The number of rotatable bonds is 2. The molecule has 1 aliphatic carbocycles. The van der Waals surface area contributed by atoms with Crippen LogP contribution in [0.15, 0.2) is 10.5 Å². The van der Waals surface area contributed by atoms with Crippen LogP contribution in [0.25, 0.3) is 0 Å². The van der Waals surface area contributed by atoms with Gasteiger partial charge in [0.2, 0.25) is 0 Å². The fourth-order valence-corrected chi connectivity index (χ4v) is 2.76. The van der Waals surface area contributed by atoms with Crippen molar-refractivity contribution in [2.45, 2.75) is 33.6 Å². The van der Waals surface area contributed by atoms with Gasteiger partial charge in [-0.25, -0.2) is 0 Å². The van der Waals surface area contributed by atoms with Crippen molar-refractivity contribution in [1.82, 2.24) is 0 Å². The van der Waals surface area contributed by atoms with E-state index in [2.05, 4.69) is 19.9 Å². The van der Waals surface area contributed by atoms with Crippen molar-refractivity contribution in [3.05, 3.63) is 23.2 Å². The van der Waals surface area contributed by atoms with Gasteiger partial charge in [-0.3, -0.25) is 0 Å². The van der Waals surface area contributed by atoms with E-state index in [1.807, 2.05) is 13.8 Å². The molecule has 2 N–H and O–H groups in total. The Labute approximate surface area is 85.5 Å². The molecule has 78 valence electrons. The topological polar surface area (TPSA) is 39.2 Å². The van der Waals surface area contributed by atoms with E-state index in [1.165, 1.54) is 5.56 Å². The Bertz CT molecular complexity index is 351. The number of aryl methyl sites for hydroxylation is 2. The van der Waals surface area contributed by atoms with E-state index in [1.54, 1.807) is 0 Å². The molecule has 0 spiro atoms. The molecule has 1 aromatic heterocycles. The van der Waals surface area contributed by atoms with Crippen molar-refractivity contribution in [3.63, 3.8) is 0 Å². The minimum atomic E-state index is 0.357. The Morgan fingerprint density at radius 1 is 1.43 bits per heavy atom. The van der Waals surface area contributed by atoms with Gasteiger partial charge in [0.05, 0.1) is 0 Å². The maximum absolute atomic E-state index is 5.76. The summed E-state index contributed by atoms with van der Waals surface area (Å²) < 4.78 is 5.56. The van der Waals surface area contributed by atoms with Gasteiger partial charge in [0, 0.05) is 0 Å². The molecule has 0 radical (unpaired) electrons. The van der Waals surface area contributed by atoms with Crippen LogP contribution < -0.4 is 5.73 Å². The molecule has 1 fully saturated rings. The summed E-state index contributed by atoms with van der Waals surface area (Å²) >= 11 is 0. The fourth-order valence-electron chi connectivity index (χ4n) is 2.76. The van der Waals surface area contributed by atoms with Gasteiger partial charge < -0.3 is 10.2 Å². The summed E-state index contributed by atoms with van der Waals surface area (Å²) in [6, 6.07) is 2.16. The number of hydrogen-bond acceptors (Lipinski definition) is 2. The molecule has 2 atom stereocenters. The second kappa shape index (κ2) is 2.86. The summed E-state index contributed by atoms with van der Waals surface area (Å²) in [6.07, 6.45) is 0. The summed E-state index contributed by atoms with van der Waals surface area (Å²) in [5.41, 5.74) is 7.48. The van der Waals surface area contributed by atoms with E-state index in [9.17, 15) is 0 Å². The third kappa shape index (κ3) is 1.21. The summed E-state index contributed by atoms with van der Waals surface area (Å²) in [4.78, 5) is 0. The van der Waals surface area contributed by atoms with Gasteiger partial charge in [0.25, 0.3) is 0 Å². The first kappa shape index (κ1) is 9.78. The molecular formula is C12H19NO. The molecule has 2 nitrogen and oxygen atoms in total. The molecule has 14 heavy (non-hydrogen) atoms. The minimum absolute atomic E-state index is 0.357. The number of furan rings is 1. The minimum Gasteiger partial charge on any atom is -0.466 e. The van der Waals surface area contributed by atoms with Crippen LogP contribution in [0.3, 0.4) is 0 Å². The molecule has 0 unspecified atom stereocenters. The standard InChI is InChI=1S/C12H19NO/c1-7-5-9(8(2)14-7)11-10(6-13)12(11,3)4/h5,10-11H,6,13H2,1-4H3/t10-,11-/m1/s1. The Hall–Kier alpha value is -0.760. The van der Waals surface area contributed by atoms with Crippen molar-refractivity contribution >= 4 is 0 Å². The summed E-state index contributed by atoms with van der Waals surface area (Å²) in [7, 11) is 0. The largest absolute Gasteiger partial charge is 0.466 e. The lowest BCUT2D eigenvalue weighted by molar-refractivity contribution is 0.498. The van der Waals surface area contributed by atoms with E-state index < -0.39 is 0 Å². The SMILES string of the molecule is Cc1cc([C@@H]2[C@@H](CN)C2(C)C)c(C)o1. The van der Waals surface area contributed by atoms with Crippen LogP contribution in [-0.4, -0.2) is 6.54 Å². The van der Waals surface area contributed by atoms with E-state index in [0.717, 1.165) is 18.1 Å². The Morgan fingerprint density at radius 3 is 2.43 bits per heavy atom. The van der Waals surface area contributed by atoms with Crippen LogP contribution in [0.4, 0.5) is 0 Å². The zero-order chi connectivity index (χ0) is 10.5. The molecule has 1 aromatic rings. The van der Waals surface area contributed by atoms with Crippen LogP contribution in [0.1, 0.15) is 36.8 Å². The van der Waals surface area contributed by atoms with Crippen LogP contribution >= 0.6 is 0 Å². The van der Waals surface area contributed by atoms with Gasteiger partial charge in [-0.2, -0.15) is 0 Å². The third-order valence-electron chi connectivity index (χ3n) is 3.72. The van der Waals surface area contributed by atoms with E-state index >= 15 is 0 Å². The lowest BCUT2D eigenvalue weighted by atomic mass is 10.0. The van der Waals surface area contributed by atoms with Crippen molar-refractivity contribution in [3.8, 4) is 0 Å². The predicted molar refractivity (Wildman–Crippen MR) is 57.2 cm³/mol. The van der Waals surface area contributed by atoms with Crippen molar-refractivity contribution in [1.29, 1.82) is 0 Å². The maximum atomic E-state index is 5.76. The van der Waals surface area contributed by atoms with E-state index in [0.29, 0.717) is 17.3 Å². The molecule has 1 saturated carbocycles. The molecule has 0 bridgehead atoms. The smallest absolute Gasteiger partial charge is 0.104 e. The third-order valence-corrected chi connectivity index (χ3v) is 3.72. The van der Waals surface area contributed by atoms with E-state index in [4.69, 9.17) is 10.2 Å². The van der Waals surface area contributed by atoms with Crippen molar-refractivity contribution < 1.29 is 4.42 Å². The molecule has 0 aliphatic heterocycles. The highest BCUT2D eigenvalue weighted by molar-refractivity contribution is 5.35. The highest BCUT2D eigenvalue weighted by atomic mass is 16.3. The molecule has 1 heterocycles. The monoisotopic (exact) mass is 193 g/mol. The second-order valence-corrected chi connectivity index (χ2v) is 5.01. The average Bonchev–Trinajstić information content (AvgIpc) is 2.46. The first-order valence-electron chi connectivity index (χ1n) is 5.25. The van der Waals surface area contributed by atoms with Gasteiger partial charge in [-0.05, 0) is 49.3 Å².